The number of carbonyl (C=O) groups excluding carboxylic acids is 1. The van der Waals surface area contributed by atoms with Crippen molar-refractivity contribution in [2.45, 2.75) is 81.6 Å². The predicted octanol–water partition coefficient (Wildman–Crippen LogP) is 5.16. The van der Waals surface area contributed by atoms with Crippen LogP contribution in [0.2, 0.25) is 0 Å². The molecule has 1 aliphatic carbocycles. The first kappa shape index (κ1) is 24.0. The number of hydrogen-bond donors (Lipinski definition) is 1. The fourth-order valence-electron chi connectivity index (χ4n) is 5.01. The summed E-state index contributed by atoms with van der Waals surface area (Å²) in [6.45, 7) is 1.37. The van der Waals surface area contributed by atoms with Gasteiger partial charge in [-0.3, -0.25) is 4.79 Å². The number of sulfonamides is 1. The third-order valence-corrected chi connectivity index (χ3v) is 8.37. The Hall–Kier alpha value is -2.18. The minimum Gasteiger partial charge on any atom is -0.341 e. The lowest BCUT2D eigenvalue weighted by Gasteiger charge is -2.31. The standard InChI is InChI=1S/C27H36N2O3S/c30-27(29-19-11-6-12-20-29)26(23-14-9-5-10-15-23)28-33(31,32)25-18-17-22-13-7-3-1-2-4-8-16-24(22)21-25/h5,9-10,14-15,17-18,21,26,28H,1-4,6-8,11-13,16,19-20H2. The van der Waals surface area contributed by atoms with Crippen molar-refractivity contribution in [3.8, 4) is 0 Å². The van der Waals surface area contributed by atoms with Gasteiger partial charge in [-0.15, -0.1) is 0 Å². The van der Waals surface area contributed by atoms with Gasteiger partial charge in [-0.2, -0.15) is 4.72 Å². The molecule has 1 aliphatic heterocycles. The number of aryl methyl sites for hydroxylation is 2. The number of rotatable bonds is 5. The molecule has 33 heavy (non-hydrogen) atoms. The van der Waals surface area contributed by atoms with E-state index in [9.17, 15) is 13.2 Å². The average molecular weight is 469 g/mol. The first-order valence-electron chi connectivity index (χ1n) is 12.5. The van der Waals surface area contributed by atoms with Crippen LogP contribution in [-0.2, 0) is 27.7 Å². The van der Waals surface area contributed by atoms with Crippen molar-refractivity contribution in [1.29, 1.82) is 0 Å². The zero-order chi connectivity index (χ0) is 23.1. The smallest absolute Gasteiger partial charge is 0.245 e. The summed E-state index contributed by atoms with van der Waals surface area (Å²) in [7, 11) is -3.86. The lowest BCUT2D eigenvalue weighted by Crippen LogP contribution is -2.44. The Kier molecular flexibility index (Phi) is 8.20. The van der Waals surface area contributed by atoms with Crippen molar-refractivity contribution in [2.75, 3.05) is 13.1 Å². The number of likely N-dealkylation sites (tertiary alicyclic amines) is 1. The summed E-state index contributed by atoms with van der Waals surface area (Å²) in [6, 6.07) is 13.8. The molecule has 0 spiro atoms. The van der Waals surface area contributed by atoms with Crippen LogP contribution in [0.5, 0.6) is 0 Å². The van der Waals surface area contributed by atoms with Crippen molar-refractivity contribution in [2.24, 2.45) is 0 Å². The van der Waals surface area contributed by atoms with E-state index in [4.69, 9.17) is 0 Å². The van der Waals surface area contributed by atoms with Crippen LogP contribution in [0.25, 0.3) is 0 Å². The van der Waals surface area contributed by atoms with Crippen LogP contribution in [0.4, 0.5) is 0 Å². The second kappa shape index (κ2) is 11.3. The molecular formula is C27H36N2O3S. The van der Waals surface area contributed by atoms with Crippen LogP contribution in [0.15, 0.2) is 53.4 Å². The van der Waals surface area contributed by atoms with E-state index in [1.165, 1.54) is 31.2 Å². The average Bonchev–Trinajstić information content (AvgIpc) is 2.86. The first-order valence-corrected chi connectivity index (χ1v) is 14.0. The summed E-state index contributed by atoms with van der Waals surface area (Å²) in [5, 5.41) is 0. The molecule has 0 radical (unpaired) electrons. The van der Waals surface area contributed by atoms with E-state index >= 15 is 0 Å². The highest BCUT2D eigenvalue weighted by Crippen LogP contribution is 2.25. The fourth-order valence-corrected chi connectivity index (χ4v) is 6.24. The summed E-state index contributed by atoms with van der Waals surface area (Å²) < 4.78 is 29.7. The SMILES string of the molecule is O=C(C(NS(=O)(=O)c1ccc2c(c1)CCCCCCCC2)c1ccccc1)N1CCCCC1. The molecular weight excluding hydrogens is 432 g/mol. The molecule has 2 aromatic carbocycles. The Bertz CT molecular complexity index is 1030. The van der Waals surface area contributed by atoms with Gasteiger partial charge in [-0.25, -0.2) is 8.42 Å². The molecule has 1 amide bonds. The maximum atomic E-state index is 13.5. The second-order valence-electron chi connectivity index (χ2n) is 9.40. The zero-order valence-corrected chi connectivity index (χ0v) is 20.3. The van der Waals surface area contributed by atoms with Gasteiger partial charge in [0.2, 0.25) is 15.9 Å². The number of nitrogens with one attached hydrogen (secondary N) is 1. The number of nitrogens with zero attached hydrogens (tertiary/aromatic N) is 1. The number of fused-ring (bicyclic) bond motifs is 1. The van der Waals surface area contributed by atoms with E-state index in [0.717, 1.165) is 50.5 Å². The highest BCUT2D eigenvalue weighted by molar-refractivity contribution is 7.89. The maximum Gasteiger partial charge on any atom is 0.245 e. The Morgan fingerprint density at radius 2 is 1.36 bits per heavy atom. The largest absolute Gasteiger partial charge is 0.341 e. The molecule has 1 unspecified atom stereocenters. The Morgan fingerprint density at radius 1 is 0.758 bits per heavy atom. The molecule has 0 bridgehead atoms. The van der Waals surface area contributed by atoms with Gasteiger partial charge in [0.05, 0.1) is 4.90 Å². The van der Waals surface area contributed by atoms with Crippen molar-refractivity contribution in [1.82, 2.24) is 9.62 Å². The molecule has 1 saturated heterocycles. The van der Waals surface area contributed by atoms with E-state index in [1.807, 2.05) is 42.5 Å². The predicted molar refractivity (Wildman–Crippen MR) is 131 cm³/mol. The lowest BCUT2D eigenvalue weighted by atomic mass is 9.94. The van der Waals surface area contributed by atoms with E-state index in [2.05, 4.69) is 4.72 Å². The van der Waals surface area contributed by atoms with Crippen molar-refractivity contribution in [3.63, 3.8) is 0 Å². The Morgan fingerprint density at radius 3 is 2.06 bits per heavy atom. The number of amides is 1. The number of hydrogen-bond acceptors (Lipinski definition) is 3. The van der Waals surface area contributed by atoms with Gasteiger partial charge in [0.25, 0.3) is 0 Å². The van der Waals surface area contributed by atoms with Crippen LogP contribution in [-0.4, -0.2) is 32.3 Å². The van der Waals surface area contributed by atoms with Crippen molar-refractivity contribution >= 4 is 15.9 Å². The minimum atomic E-state index is -3.86. The van der Waals surface area contributed by atoms with Gasteiger partial charge in [-0.05, 0) is 73.8 Å². The van der Waals surface area contributed by atoms with Crippen LogP contribution in [0, 0.1) is 0 Å². The van der Waals surface area contributed by atoms with Crippen LogP contribution < -0.4 is 4.72 Å². The third-order valence-electron chi connectivity index (χ3n) is 6.95. The van der Waals surface area contributed by atoms with Gasteiger partial charge < -0.3 is 4.90 Å². The monoisotopic (exact) mass is 468 g/mol. The van der Waals surface area contributed by atoms with Crippen LogP contribution in [0.3, 0.4) is 0 Å². The first-order chi connectivity index (χ1) is 16.0. The topological polar surface area (TPSA) is 66.5 Å². The second-order valence-corrected chi connectivity index (χ2v) is 11.1. The molecule has 4 rings (SSSR count). The molecule has 1 N–H and O–H groups in total. The van der Waals surface area contributed by atoms with Gasteiger partial charge >= 0.3 is 0 Å². The van der Waals surface area contributed by atoms with Crippen molar-refractivity contribution < 1.29 is 13.2 Å². The molecule has 5 nitrogen and oxygen atoms in total. The van der Waals surface area contributed by atoms with E-state index in [1.54, 1.807) is 11.0 Å². The summed E-state index contributed by atoms with van der Waals surface area (Å²) in [4.78, 5) is 15.5. The molecule has 178 valence electrons. The molecule has 2 aliphatic rings. The maximum absolute atomic E-state index is 13.5. The number of carbonyl (C=O) groups is 1. The van der Waals surface area contributed by atoms with Gasteiger partial charge in [-0.1, -0.05) is 62.1 Å². The quantitative estimate of drug-likeness (QED) is 0.659. The highest BCUT2D eigenvalue weighted by Gasteiger charge is 2.31. The fraction of sp³-hybridized carbons (Fsp3) is 0.519. The molecule has 0 saturated carbocycles. The number of benzene rings is 2. The molecule has 1 heterocycles. The highest BCUT2D eigenvalue weighted by atomic mass is 32.2. The van der Waals surface area contributed by atoms with Crippen LogP contribution in [0.1, 0.15) is 80.5 Å². The minimum absolute atomic E-state index is 0.163. The Labute approximate surface area is 198 Å². The zero-order valence-electron chi connectivity index (χ0n) is 19.5. The molecule has 6 heteroatoms. The molecule has 0 aromatic heterocycles. The van der Waals surface area contributed by atoms with Crippen molar-refractivity contribution in [3.05, 3.63) is 65.2 Å². The van der Waals surface area contributed by atoms with Gasteiger partial charge in [0.1, 0.15) is 6.04 Å². The van der Waals surface area contributed by atoms with E-state index < -0.39 is 16.1 Å². The number of piperidine rings is 1. The summed E-state index contributed by atoms with van der Waals surface area (Å²) in [5.41, 5.74) is 3.08. The molecule has 1 atom stereocenters. The molecule has 2 aromatic rings. The summed E-state index contributed by atoms with van der Waals surface area (Å²) in [5.74, 6) is -0.163. The van der Waals surface area contributed by atoms with E-state index in [0.29, 0.717) is 18.7 Å². The lowest BCUT2D eigenvalue weighted by molar-refractivity contribution is -0.134. The summed E-state index contributed by atoms with van der Waals surface area (Å²) in [6.07, 6.45) is 12.2. The van der Waals surface area contributed by atoms with Gasteiger partial charge in [0.15, 0.2) is 0 Å². The molecule has 1 fully saturated rings. The summed E-state index contributed by atoms with van der Waals surface area (Å²) >= 11 is 0. The van der Waals surface area contributed by atoms with Gasteiger partial charge in [0, 0.05) is 13.1 Å². The normalized spacial score (nSPS) is 18.8. The van der Waals surface area contributed by atoms with Crippen LogP contribution >= 0.6 is 0 Å². The third kappa shape index (κ3) is 6.24. The van der Waals surface area contributed by atoms with E-state index in [-0.39, 0.29) is 10.8 Å². The Balaban J connectivity index is 1.60.